The Morgan fingerprint density at radius 1 is 1.55 bits per heavy atom. The van der Waals surface area contributed by atoms with E-state index in [0.717, 1.165) is 18.4 Å². The molecule has 108 valence electrons. The number of methoxy groups -OCH3 is 1. The highest BCUT2D eigenvalue weighted by Gasteiger charge is 2.37. The van der Waals surface area contributed by atoms with Gasteiger partial charge in [-0.2, -0.15) is 0 Å². The topological polar surface area (TPSA) is 65.0 Å². The summed E-state index contributed by atoms with van der Waals surface area (Å²) in [5.74, 6) is 1.48. The number of benzene rings is 1. The van der Waals surface area contributed by atoms with E-state index in [9.17, 15) is 4.79 Å². The van der Waals surface area contributed by atoms with Crippen molar-refractivity contribution in [3.05, 3.63) is 16.1 Å². The van der Waals surface area contributed by atoms with E-state index in [1.807, 2.05) is 6.07 Å². The lowest BCUT2D eigenvalue weighted by molar-refractivity contribution is -0.137. The Morgan fingerprint density at radius 2 is 2.30 bits per heavy atom. The molecule has 2 aliphatic rings. The number of carboxylic acid groups (broad SMARTS) is 1. The van der Waals surface area contributed by atoms with Gasteiger partial charge in [0, 0.05) is 11.5 Å². The van der Waals surface area contributed by atoms with Crippen LogP contribution in [0.25, 0.3) is 0 Å². The Hall–Kier alpha value is -1.43. The van der Waals surface area contributed by atoms with Gasteiger partial charge in [0.1, 0.15) is 10.2 Å². The van der Waals surface area contributed by atoms with Gasteiger partial charge in [-0.25, -0.2) is 0 Å². The second-order valence-corrected chi connectivity index (χ2v) is 5.88. The molecule has 1 N–H and O–H groups in total. The number of hydrogen-bond donors (Lipinski definition) is 1. The summed E-state index contributed by atoms with van der Waals surface area (Å²) in [6.07, 6.45) is 2.23. The van der Waals surface area contributed by atoms with Crippen LogP contribution in [-0.2, 0) is 4.79 Å². The van der Waals surface area contributed by atoms with Gasteiger partial charge < -0.3 is 19.3 Å². The highest BCUT2D eigenvalue weighted by Crippen LogP contribution is 2.53. The number of fused-ring (bicyclic) bond motifs is 1. The lowest BCUT2D eigenvalue weighted by atomic mass is 9.90. The first-order chi connectivity index (χ1) is 9.61. The van der Waals surface area contributed by atoms with Crippen molar-refractivity contribution in [1.82, 2.24) is 0 Å². The predicted molar refractivity (Wildman–Crippen MR) is 74.5 cm³/mol. The van der Waals surface area contributed by atoms with Crippen molar-refractivity contribution in [2.24, 2.45) is 5.92 Å². The minimum absolute atomic E-state index is 0.0479. The van der Waals surface area contributed by atoms with E-state index in [1.165, 1.54) is 0 Å². The quantitative estimate of drug-likeness (QED) is 0.890. The zero-order valence-corrected chi connectivity index (χ0v) is 12.6. The van der Waals surface area contributed by atoms with Gasteiger partial charge in [0.15, 0.2) is 11.5 Å². The summed E-state index contributed by atoms with van der Waals surface area (Å²) < 4.78 is 17.0. The molecule has 0 saturated heterocycles. The molecule has 0 aromatic heterocycles. The van der Waals surface area contributed by atoms with E-state index in [2.05, 4.69) is 15.9 Å². The Kier molecular flexibility index (Phi) is 3.50. The molecule has 6 heteroatoms. The fraction of sp³-hybridized carbons (Fsp3) is 0.500. The minimum Gasteiger partial charge on any atom is -0.495 e. The SMILES string of the molecule is COc1c(C(CC(=O)O)C2CC2)cc2c(c1Br)OCO2. The Morgan fingerprint density at radius 3 is 2.90 bits per heavy atom. The fourth-order valence-corrected chi connectivity index (χ4v) is 3.40. The van der Waals surface area contributed by atoms with E-state index in [0.29, 0.717) is 27.6 Å². The van der Waals surface area contributed by atoms with Gasteiger partial charge >= 0.3 is 5.97 Å². The monoisotopic (exact) mass is 342 g/mol. The maximum absolute atomic E-state index is 11.1. The van der Waals surface area contributed by atoms with Crippen molar-refractivity contribution in [2.75, 3.05) is 13.9 Å². The highest BCUT2D eigenvalue weighted by molar-refractivity contribution is 9.10. The van der Waals surface area contributed by atoms with Gasteiger partial charge in [0.05, 0.1) is 13.5 Å². The zero-order valence-electron chi connectivity index (χ0n) is 11.0. The summed E-state index contributed by atoms with van der Waals surface area (Å²) in [4.78, 5) is 11.1. The van der Waals surface area contributed by atoms with Crippen molar-refractivity contribution in [3.63, 3.8) is 0 Å². The number of hydrogen-bond acceptors (Lipinski definition) is 4. The first-order valence-corrected chi connectivity index (χ1v) is 7.29. The largest absolute Gasteiger partial charge is 0.495 e. The van der Waals surface area contributed by atoms with Crippen LogP contribution in [0.5, 0.6) is 17.2 Å². The molecule has 1 aromatic carbocycles. The molecule has 0 spiro atoms. The minimum atomic E-state index is -0.794. The van der Waals surface area contributed by atoms with E-state index in [-0.39, 0.29) is 19.1 Å². The smallest absolute Gasteiger partial charge is 0.303 e. The van der Waals surface area contributed by atoms with Crippen LogP contribution >= 0.6 is 15.9 Å². The third-order valence-electron chi connectivity index (χ3n) is 3.78. The fourth-order valence-electron chi connectivity index (χ4n) is 2.70. The first-order valence-electron chi connectivity index (χ1n) is 6.49. The van der Waals surface area contributed by atoms with E-state index >= 15 is 0 Å². The van der Waals surface area contributed by atoms with Crippen LogP contribution in [0.4, 0.5) is 0 Å². The molecule has 1 fully saturated rings. The average molecular weight is 343 g/mol. The molecule has 1 aromatic rings. The second-order valence-electron chi connectivity index (χ2n) is 5.09. The lowest BCUT2D eigenvalue weighted by Gasteiger charge is -2.19. The molecule has 1 aliphatic heterocycles. The van der Waals surface area contributed by atoms with Gasteiger partial charge in [-0.15, -0.1) is 0 Å². The lowest BCUT2D eigenvalue weighted by Crippen LogP contribution is -2.10. The van der Waals surface area contributed by atoms with Crippen molar-refractivity contribution in [2.45, 2.75) is 25.2 Å². The molecule has 1 saturated carbocycles. The second kappa shape index (κ2) is 5.16. The van der Waals surface area contributed by atoms with Gasteiger partial charge in [-0.1, -0.05) is 0 Å². The summed E-state index contributed by atoms with van der Waals surface area (Å²) >= 11 is 3.47. The standard InChI is InChI=1S/C14H15BrO5/c1-18-13-9(8(5-11(16)17)7-2-3-7)4-10-14(12(13)15)20-6-19-10/h4,7-8H,2-3,5-6H2,1H3,(H,16,17). The third kappa shape index (κ3) is 2.32. The van der Waals surface area contributed by atoms with Gasteiger partial charge in [-0.05, 0) is 40.8 Å². The van der Waals surface area contributed by atoms with Gasteiger partial charge in [-0.3, -0.25) is 4.79 Å². The van der Waals surface area contributed by atoms with Crippen LogP contribution in [0.3, 0.4) is 0 Å². The van der Waals surface area contributed by atoms with Crippen molar-refractivity contribution in [3.8, 4) is 17.2 Å². The van der Waals surface area contributed by atoms with E-state index in [1.54, 1.807) is 7.11 Å². The third-order valence-corrected chi connectivity index (χ3v) is 4.50. The predicted octanol–water partition coefficient (Wildman–Crippen LogP) is 3.15. The molecule has 0 amide bonds. The molecule has 20 heavy (non-hydrogen) atoms. The molecule has 3 rings (SSSR count). The number of aliphatic carboxylic acids is 1. The molecular formula is C14H15BrO5. The summed E-state index contributed by atoms with van der Waals surface area (Å²) in [6, 6.07) is 1.86. The summed E-state index contributed by atoms with van der Waals surface area (Å²) in [5, 5.41) is 9.14. The van der Waals surface area contributed by atoms with Crippen LogP contribution in [-0.4, -0.2) is 25.0 Å². The summed E-state index contributed by atoms with van der Waals surface area (Å²) in [6.45, 7) is 0.174. The molecule has 1 aliphatic carbocycles. The van der Waals surface area contributed by atoms with Crippen LogP contribution in [0.1, 0.15) is 30.7 Å². The normalized spacial score (nSPS) is 17.9. The van der Waals surface area contributed by atoms with Crippen LogP contribution in [0.2, 0.25) is 0 Å². The summed E-state index contributed by atoms with van der Waals surface area (Å²) in [7, 11) is 1.58. The Labute approximate surface area is 125 Å². The number of carbonyl (C=O) groups is 1. The Bertz CT molecular complexity index is 553. The summed E-state index contributed by atoms with van der Waals surface area (Å²) in [5.41, 5.74) is 0.883. The number of rotatable bonds is 5. The molecule has 1 atom stereocenters. The number of halogens is 1. The number of ether oxygens (including phenoxy) is 3. The first kappa shape index (κ1) is 13.5. The highest BCUT2D eigenvalue weighted by atomic mass is 79.9. The molecular weight excluding hydrogens is 328 g/mol. The molecule has 5 nitrogen and oxygen atoms in total. The molecule has 0 bridgehead atoms. The average Bonchev–Trinajstić information content (AvgIpc) is 3.13. The van der Waals surface area contributed by atoms with Gasteiger partial charge in [0.25, 0.3) is 0 Å². The molecule has 1 heterocycles. The van der Waals surface area contributed by atoms with Gasteiger partial charge in [0.2, 0.25) is 6.79 Å². The maximum atomic E-state index is 11.1. The maximum Gasteiger partial charge on any atom is 0.303 e. The van der Waals surface area contributed by atoms with Crippen LogP contribution in [0.15, 0.2) is 10.5 Å². The zero-order chi connectivity index (χ0) is 14.3. The van der Waals surface area contributed by atoms with Crippen LogP contribution < -0.4 is 14.2 Å². The van der Waals surface area contributed by atoms with E-state index in [4.69, 9.17) is 19.3 Å². The van der Waals surface area contributed by atoms with Crippen molar-refractivity contribution < 1.29 is 24.1 Å². The van der Waals surface area contributed by atoms with Crippen molar-refractivity contribution >= 4 is 21.9 Å². The Balaban J connectivity index is 2.06. The van der Waals surface area contributed by atoms with Crippen LogP contribution in [0, 0.1) is 5.92 Å². The number of carboxylic acids is 1. The molecule has 1 unspecified atom stereocenters. The van der Waals surface area contributed by atoms with Crippen molar-refractivity contribution in [1.29, 1.82) is 0 Å². The van der Waals surface area contributed by atoms with E-state index < -0.39 is 5.97 Å². The molecule has 0 radical (unpaired) electrons.